The van der Waals surface area contributed by atoms with Crippen LogP contribution >= 0.6 is 23.2 Å². The number of likely N-dealkylation sites (tertiary alicyclic amines) is 1. The SMILES string of the molecule is C[C@H](NS(C)(=O)=O)C(=O)N1CCC(c2ccc(Cl)cc2)[C@]1(C(=O)NCc1ccc(C(=N)N)cc1)c1ccc(Cl)cc1. The normalized spacial score (nSPS) is 19.5. The summed E-state index contributed by atoms with van der Waals surface area (Å²) in [6.45, 7) is 1.80. The lowest BCUT2D eigenvalue weighted by Gasteiger charge is -2.42. The third-order valence-corrected chi connectivity index (χ3v) is 8.51. The van der Waals surface area contributed by atoms with E-state index < -0.39 is 39.3 Å². The molecule has 9 nitrogen and oxygen atoms in total. The van der Waals surface area contributed by atoms with Gasteiger partial charge in [0, 0.05) is 34.6 Å². The van der Waals surface area contributed by atoms with Crippen molar-refractivity contribution >= 4 is 50.9 Å². The van der Waals surface area contributed by atoms with Gasteiger partial charge in [-0.15, -0.1) is 0 Å². The van der Waals surface area contributed by atoms with E-state index in [0.717, 1.165) is 17.4 Å². The quantitative estimate of drug-likeness (QED) is 0.214. The second-order valence-electron chi connectivity index (χ2n) is 10.1. The van der Waals surface area contributed by atoms with Gasteiger partial charge in [-0.3, -0.25) is 15.0 Å². The fourth-order valence-electron chi connectivity index (χ4n) is 5.42. The Balaban J connectivity index is 1.83. The summed E-state index contributed by atoms with van der Waals surface area (Å²) in [7, 11) is -3.71. The number of rotatable bonds is 9. The summed E-state index contributed by atoms with van der Waals surface area (Å²) in [6.07, 6.45) is 1.41. The Labute approximate surface area is 249 Å². The van der Waals surface area contributed by atoms with Crippen molar-refractivity contribution in [1.29, 1.82) is 5.41 Å². The summed E-state index contributed by atoms with van der Waals surface area (Å²) in [5, 5.41) is 11.6. The van der Waals surface area contributed by atoms with Gasteiger partial charge in [0.15, 0.2) is 5.54 Å². The molecule has 0 radical (unpaired) electrons. The number of nitrogen functional groups attached to an aromatic ring is 1. The molecule has 0 aromatic heterocycles. The number of nitrogens with one attached hydrogen (secondary N) is 3. The predicted molar refractivity (Wildman–Crippen MR) is 160 cm³/mol. The summed E-state index contributed by atoms with van der Waals surface area (Å²) in [4.78, 5) is 29.9. The Hall–Kier alpha value is -3.44. The minimum absolute atomic E-state index is 0.0648. The first-order valence-electron chi connectivity index (χ1n) is 12.8. The first kappa shape index (κ1) is 30.5. The minimum atomic E-state index is -3.71. The van der Waals surface area contributed by atoms with Gasteiger partial charge in [0.2, 0.25) is 15.9 Å². The molecule has 1 heterocycles. The Bertz CT molecular complexity index is 1550. The third-order valence-electron chi connectivity index (χ3n) is 7.22. The lowest BCUT2D eigenvalue weighted by molar-refractivity contribution is -0.147. The highest BCUT2D eigenvalue weighted by molar-refractivity contribution is 7.88. The van der Waals surface area contributed by atoms with Gasteiger partial charge in [-0.25, -0.2) is 13.1 Å². The summed E-state index contributed by atoms with van der Waals surface area (Å²) in [6, 6.07) is 19.7. The zero-order valence-corrected chi connectivity index (χ0v) is 24.9. The molecule has 1 saturated heterocycles. The van der Waals surface area contributed by atoms with E-state index in [2.05, 4.69) is 10.0 Å². The fraction of sp³-hybridized carbons (Fsp3) is 0.276. The standard InChI is InChI=1S/C29H31Cl2N5O4S/c1-18(35-41(2,39)40)27(37)36-16-15-25(20-7-11-23(30)12-8-20)29(36,22-9-13-24(31)14-10-22)28(38)34-17-19-3-5-21(6-4-19)26(32)33/h3-14,18,25,35H,15-17H2,1-2H3,(H3,32,33)(H,34,38)/t18-,25?,29-/m0/s1. The second-order valence-corrected chi connectivity index (χ2v) is 12.7. The van der Waals surface area contributed by atoms with Crippen molar-refractivity contribution in [2.45, 2.75) is 37.4 Å². The molecular formula is C29H31Cl2N5O4S. The molecule has 0 saturated carbocycles. The van der Waals surface area contributed by atoms with Crippen LogP contribution in [0.5, 0.6) is 0 Å². The van der Waals surface area contributed by atoms with Gasteiger partial charge in [-0.2, -0.15) is 0 Å². The molecule has 0 bridgehead atoms. The topological polar surface area (TPSA) is 145 Å². The second kappa shape index (κ2) is 12.2. The highest BCUT2D eigenvalue weighted by atomic mass is 35.5. The Kier molecular flexibility index (Phi) is 9.08. The largest absolute Gasteiger partial charge is 0.384 e. The summed E-state index contributed by atoms with van der Waals surface area (Å²) >= 11 is 12.4. The van der Waals surface area contributed by atoms with Crippen molar-refractivity contribution in [3.63, 3.8) is 0 Å². The van der Waals surface area contributed by atoms with Gasteiger partial charge < -0.3 is 16.0 Å². The number of amides is 2. The molecule has 2 amide bonds. The lowest BCUT2D eigenvalue weighted by Crippen LogP contribution is -2.60. The van der Waals surface area contributed by atoms with Crippen molar-refractivity contribution in [3.05, 3.63) is 105 Å². The van der Waals surface area contributed by atoms with Crippen LogP contribution in [-0.2, 0) is 31.7 Å². The van der Waals surface area contributed by atoms with E-state index >= 15 is 0 Å². The molecule has 41 heavy (non-hydrogen) atoms. The molecule has 3 aromatic carbocycles. The Morgan fingerprint density at radius 2 is 1.59 bits per heavy atom. The third kappa shape index (κ3) is 6.56. The molecule has 1 unspecified atom stereocenters. The number of halogens is 2. The molecule has 4 rings (SSSR count). The zero-order chi connectivity index (χ0) is 29.9. The summed E-state index contributed by atoms with van der Waals surface area (Å²) < 4.78 is 26.3. The van der Waals surface area contributed by atoms with Crippen LogP contribution in [0.3, 0.4) is 0 Å². The Morgan fingerprint density at radius 3 is 2.12 bits per heavy atom. The number of hydrogen-bond donors (Lipinski definition) is 4. The average Bonchev–Trinajstić information content (AvgIpc) is 3.32. The minimum Gasteiger partial charge on any atom is -0.384 e. The van der Waals surface area contributed by atoms with E-state index in [4.69, 9.17) is 34.3 Å². The zero-order valence-electron chi connectivity index (χ0n) is 22.5. The van der Waals surface area contributed by atoms with Gasteiger partial charge in [0.25, 0.3) is 5.91 Å². The first-order valence-corrected chi connectivity index (χ1v) is 15.5. The van der Waals surface area contributed by atoms with Crippen LogP contribution in [0.2, 0.25) is 10.0 Å². The van der Waals surface area contributed by atoms with Crippen molar-refractivity contribution in [2.24, 2.45) is 5.73 Å². The summed E-state index contributed by atoms with van der Waals surface area (Å²) in [5.41, 5.74) is 6.67. The lowest BCUT2D eigenvalue weighted by atomic mass is 9.74. The van der Waals surface area contributed by atoms with Crippen molar-refractivity contribution in [3.8, 4) is 0 Å². The van der Waals surface area contributed by atoms with Crippen LogP contribution < -0.4 is 15.8 Å². The van der Waals surface area contributed by atoms with Crippen LogP contribution in [0.4, 0.5) is 0 Å². The monoisotopic (exact) mass is 615 g/mol. The van der Waals surface area contributed by atoms with Gasteiger partial charge in [-0.1, -0.05) is 71.7 Å². The number of nitrogens with two attached hydrogens (primary N) is 1. The number of nitrogens with zero attached hydrogens (tertiary/aromatic N) is 1. The van der Waals surface area contributed by atoms with Gasteiger partial charge in [0.05, 0.1) is 12.3 Å². The molecule has 5 N–H and O–H groups in total. The molecular weight excluding hydrogens is 585 g/mol. The maximum Gasteiger partial charge on any atom is 0.251 e. The first-order chi connectivity index (χ1) is 19.3. The fourth-order valence-corrected chi connectivity index (χ4v) is 6.41. The molecule has 216 valence electrons. The highest BCUT2D eigenvalue weighted by Gasteiger charge is 2.58. The number of hydrogen-bond acceptors (Lipinski definition) is 5. The van der Waals surface area contributed by atoms with Crippen molar-refractivity contribution < 1.29 is 18.0 Å². The van der Waals surface area contributed by atoms with Crippen molar-refractivity contribution in [2.75, 3.05) is 12.8 Å². The maximum absolute atomic E-state index is 14.5. The molecule has 3 aromatic rings. The van der Waals surface area contributed by atoms with E-state index in [0.29, 0.717) is 27.6 Å². The highest BCUT2D eigenvalue weighted by Crippen LogP contribution is 2.50. The van der Waals surface area contributed by atoms with Crippen LogP contribution in [0.15, 0.2) is 72.8 Å². The maximum atomic E-state index is 14.5. The average molecular weight is 617 g/mol. The van der Waals surface area contributed by atoms with Crippen LogP contribution in [0.25, 0.3) is 0 Å². The van der Waals surface area contributed by atoms with Gasteiger partial charge >= 0.3 is 0 Å². The van der Waals surface area contributed by atoms with Gasteiger partial charge in [0.1, 0.15) is 5.84 Å². The predicted octanol–water partition coefficient (Wildman–Crippen LogP) is 3.74. The molecule has 1 fully saturated rings. The van der Waals surface area contributed by atoms with Crippen molar-refractivity contribution in [1.82, 2.24) is 14.9 Å². The molecule has 0 spiro atoms. The number of carbonyl (C=O) groups excluding carboxylic acids is 2. The van der Waals surface area contributed by atoms with Crippen LogP contribution in [0.1, 0.15) is 41.5 Å². The molecule has 1 aliphatic rings. The number of sulfonamides is 1. The van der Waals surface area contributed by atoms with E-state index in [9.17, 15) is 18.0 Å². The van der Waals surface area contributed by atoms with E-state index in [-0.39, 0.29) is 18.9 Å². The van der Waals surface area contributed by atoms with Crippen LogP contribution in [0, 0.1) is 5.41 Å². The molecule has 12 heteroatoms. The molecule has 0 aliphatic carbocycles. The number of amidine groups is 1. The van der Waals surface area contributed by atoms with E-state index in [1.165, 1.54) is 11.8 Å². The number of carbonyl (C=O) groups is 2. The van der Waals surface area contributed by atoms with E-state index in [1.807, 2.05) is 12.1 Å². The molecule has 3 atom stereocenters. The van der Waals surface area contributed by atoms with Crippen LogP contribution in [-0.4, -0.2) is 49.8 Å². The number of benzene rings is 3. The smallest absolute Gasteiger partial charge is 0.251 e. The van der Waals surface area contributed by atoms with E-state index in [1.54, 1.807) is 60.7 Å². The molecule has 1 aliphatic heterocycles. The summed E-state index contributed by atoms with van der Waals surface area (Å²) in [5.74, 6) is -1.53. The van der Waals surface area contributed by atoms with Gasteiger partial charge in [-0.05, 0) is 54.3 Å². The Morgan fingerprint density at radius 1 is 1.02 bits per heavy atom.